The van der Waals surface area contributed by atoms with Crippen molar-refractivity contribution in [2.45, 2.75) is 11.4 Å². The van der Waals surface area contributed by atoms with E-state index in [1.54, 1.807) is 7.11 Å². The van der Waals surface area contributed by atoms with Crippen LogP contribution in [0.5, 0.6) is 5.75 Å². The number of nitrogens with one attached hydrogen (secondary N) is 1. The Kier molecular flexibility index (Phi) is 6.37. The summed E-state index contributed by atoms with van der Waals surface area (Å²) in [5.74, 6) is 4.52. The molecule has 106 valence electrons. The van der Waals surface area contributed by atoms with Gasteiger partial charge in [-0.3, -0.25) is 0 Å². The first-order valence-corrected chi connectivity index (χ1v) is 8.72. The number of thioether (sulfide) groups is 2. The van der Waals surface area contributed by atoms with Gasteiger partial charge in [0.2, 0.25) is 0 Å². The van der Waals surface area contributed by atoms with E-state index < -0.39 is 6.10 Å². The van der Waals surface area contributed by atoms with Crippen molar-refractivity contribution >= 4 is 23.5 Å². The Labute approximate surface area is 123 Å². The number of methoxy groups -OCH3 is 1. The summed E-state index contributed by atoms with van der Waals surface area (Å²) < 4.78 is 5.17. The Morgan fingerprint density at radius 1 is 1.47 bits per heavy atom. The Morgan fingerprint density at radius 3 is 3.11 bits per heavy atom. The predicted molar refractivity (Wildman–Crippen MR) is 84.4 cm³/mol. The van der Waals surface area contributed by atoms with Crippen LogP contribution in [0.1, 0.15) is 11.7 Å². The minimum Gasteiger partial charge on any atom is -0.497 e. The van der Waals surface area contributed by atoms with Crippen molar-refractivity contribution in [3.8, 4) is 5.75 Å². The number of aliphatic hydroxyl groups is 1. The second-order valence-corrected chi connectivity index (χ2v) is 7.08. The van der Waals surface area contributed by atoms with E-state index in [4.69, 9.17) is 4.74 Å². The maximum absolute atomic E-state index is 10.1. The highest BCUT2D eigenvalue weighted by Crippen LogP contribution is 2.23. The lowest BCUT2D eigenvalue weighted by atomic mass is 10.1. The van der Waals surface area contributed by atoms with Gasteiger partial charge in [-0.1, -0.05) is 12.1 Å². The Hall–Kier alpha value is -0.360. The quantitative estimate of drug-likeness (QED) is 0.842. The molecule has 2 N–H and O–H groups in total. The van der Waals surface area contributed by atoms with Crippen LogP contribution >= 0.6 is 23.5 Å². The second-order valence-electron chi connectivity index (χ2n) is 4.52. The minimum absolute atomic E-state index is 0.476. The summed E-state index contributed by atoms with van der Waals surface area (Å²) in [6.45, 7) is 1.56. The zero-order valence-electron chi connectivity index (χ0n) is 11.2. The molecule has 0 aromatic heterocycles. The molecule has 1 aromatic carbocycles. The van der Waals surface area contributed by atoms with E-state index >= 15 is 0 Å². The number of rotatable bonds is 6. The lowest BCUT2D eigenvalue weighted by molar-refractivity contribution is 0.175. The largest absolute Gasteiger partial charge is 0.497 e. The molecule has 1 saturated heterocycles. The van der Waals surface area contributed by atoms with E-state index in [1.807, 2.05) is 47.8 Å². The van der Waals surface area contributed by atoms with Gasteiger partial charge in [0.05, 0.1) is 13.2 Å². The van der Waals surface area contributed by atoms with Crippen molar-refractivity contribution in [2.24, 2.45) is 0 Å². The smallest absolute Gasteiger partial charge is 0.119 e. The van der Waals surface area contributed by atoms with E-state index in [2.05, 4.69) is 5.32 Å². The molecule has 0 spiro atoms. The van der Waals surface area contributed by atoms with Crippen molar-refractivity contribution in [1.29, 1.82) is 0 Å². The Morgan fingerprint density at radius 2 is 2.37 bits per heavy atom. The molecule has 3 nitrogen and oxygen atoms in total. The predicted octanol–water partition coefficient (Wildman–Crippen LogP) is 2.17. The van der Waals surface area contributed by atoms with E-state index in [0.29, 0.717) is 11.8 Å². The molecule has 0 aliphatic carbocycles. The Bertz CT molecular complexity index is 383. The van der Waals surface area contributed by atoms with Crippen LogP contribution in [-0.2, 0) is 0 Å². The number of hydrogen-bond donors (Lipinski definition) is 2. The van der Waals surface area contributed by atoms with Crippen LogP contribution in [-0.4, -0.2) is 47.8 Å². The second kappa shape index (κ2) is 8.04. The van der Waals surface area contributed by atoms with Crippen molar-refractivity contribution in [3.63, 3.8) is 0 Å². The number of benzene rings is 1. The lowest BCUT2D eigenvalue weighted by Crippen LogP contribution is -2.31. The van der Waals surface area contributed by atoms with E-state index in [1.165, 1.54) is 17.3 Å². The molecule has 0 saturated carbocycles. The Balaban J connectivity index is 1.75. The normalized spacial score (nSPS) is 21.1. The molecule has 19 heavy (non-hydrogen) atoms. The molecule has 0 radical (unpaired) electrons. The number of aliphatic hydroxyl groups excluding tert-OH is 1. The monoisotopic (exact) mass is 299 g/mol. The van der Waals surface area contributed by atoms with Crippen LogP contribution in [0.4, 0.5) is 0 Å². The molecule has 0 bridgehead atoms. The van der Waals surface area contributed by atoms with Crippen LogP contribution < -0.4 is 10.1 Å². The average molecular weight is 299 g/mol. The van der Waals surface area contributed by atoms with Gasteiger partial charge in [0.15, 0.2) is 0 Å². The summed E-state index contributed by atoms with van der Waals surface area (Å²) >= 11 is 4.06. The number of hydrogen-bond acceptors (Lipinski definition) is 5. The molecule has 2 rings (SSSR count). The third kappa shape index (κ3) is 4.91. The maximum atomic E-state index is 10.1. The van der Waals surface area contributed by atoms with Crippen molar-refractivity contribution in [3.05, 3.63) is 29.8 Å². The summed E-state index contributed by atoms with van der Waals surface area (Å²) in [5, 5.41) is 14.2. The van der Waals surface area contributed by atoms with E-state index in [9.17, 15) is 5.11 Å². The SMILES string of the molecule is COc1cccc(C(O)CNCC2CSCCS2)c1. The van der Waals surface area contributed by atoms with E-state index in [0.717, 1.165) is 17.9 Å². The maximum Gasteiger partial charge on any atom is 0.119 e. The van der Waals surface area contributed by atoms with Crippen molar-refractivity contribution in [1.82, 2.24) is 5.32 Å². The minimum atomic E-state index is -0.476. The van der Waals surface area contributed by atoms with Crippen LogP contribution in [0.3, 0.4) is 0 Å². The van der Waals surface area contributed by atoms with Gasteiger partial charge in [-0.25, -0.2) is 0 Å². The lowest BCUT2D eigenvalue weighted by Gasteiger charge is -2.22. The fourth-order valence-electron chi connectivity index (χ4n) is 2.00. The van der Waals surface area contributed by atoms with Gasteiger partial charge in [0.1, 0.15) is 5.75 Å². The van der Waals surface area contributed by atoms with Gasteiger partial charge in [-0.05, 0) is 17.7 Å². The fraction of sp³-hybridized carbons (Fsp3) is 0.571. The fourth-order valence-corrected chi connectivity index (χ4v) is 4.65. The first-order valence-electron chi connectivity index (χ1n) is 6.51. The van der Waals surface area contributed by atoms with Gasteiger partial charge >= 0.3 is 0 Å². The topological polar surface area (TPSA) is 41.5 Å². The molecular formula is C14H21NO2S2. The summed E-state index contributed by atoms with van der Waals surface area (Å²) in [4.78, 5) is 0. The molecule has 1 aliphatic rings. The first kappa shape index (κ1) is 15.0. The zero-order chi connectivity index (χ0) is 13.5. The molecule has 1 aromatic rings. The molecule has 5 heteroatoms. The summed E-state index contributed by atoms with van der Waals surface area (Å²) in [6, 6.07) is 7.61. The molecule has 1 fully saturated rings. The zero-order valence-corrected chi connectivity index (χ0v) is 12.8. The van der Waals surface area contributed by atoms with Gasteiger partial charge in [0.25, 0.3) is 0 Å². The van der Waals surface area contributed by atoms with Gasteiger partial charge in [-0.15, -0.1) is 0 Å². The highest BCUT2D eigenvalue weighted by molar-refractivity contribution is 8.06. The molecular weight excluding hydrogens is 278 g/mol. The molecule has 0 amide bonds. The third-order valence-corrected chi connectivity index (χ3v) is 5.92. The molecule has 2 unspecified atom stereocenters. The van der Waals surface area contributed by atoms with Crippen molar-refractivity contribution < 1.29 is 9.84 Å². The molecule has 1 aliphatic heterocycles. The summed E-state index contributed by atoms with van der Waals surface area (Å²) in [5.41, 5.74) is 0.900. The molecule has 1 heterocycles. The van der Waals surface area contributed by atoms with Crippen LogP contribution in [0, 0.1) is 0 Å². The van der Waals surface area contributed by atoms with Crippen LogP contribution in [0.15, 0.2) is 24.3 Å². The summed E-state index contributed by atoms with van der Waals surface area (Å²) in [7, 11) is 1.64. The summed E-state index contributed by atoms with van der Waals surface area (Å²) in [6.07, 6.45) is -0.476. The highest BCUT2D eigenvalue weighted by Gasteiger charge is 2.15. The molecule has 2 atom stereocenters. The van der Waals surface area contributed by atoms with Crippen molar-refractivity contribution in [2.75, 3.05) is 37.5 Å². The van der Waals surface area contributed by atoms with Crippen LogP contribution in [0.2, 0.25) is 0 Å². The third-order valence-electron chi connectivity index (χ3n) is 3.07. The van der Waals surface area contributed by atoms with E-state index in [-0.39, 0.29) is 0 Å². The number of ether oxygens (including phenoxy) is 1. The van der Waals surface area contributed by atoms with Gasteiger partial charge in [-0.2, -0.15) is 23.5 Å². The highest BCUT2D eigenvalue weighted by atomic mass is 32.2. The van der Waals surface area contributed by atoms with Crippen LogP contribution in [0.25, 0.3) is 0 Å². The average Bonchev–Trinajstić information content (AvgIpc) is 2.48. The van der Waals surface area contributed by atoms with Gasteiger partial charge in [0, 0.05) is 35.6 Å². The first-order chi connectivity index (χ1) is 9.29. The van der Waals surface area contributed by atoms with Gasteiger partial charge < -0.3 is 15.2 Å². The standard InChI is InChI=1S/C14H21NO2S2/c1-17-12-4-2-3-11(7-12)14(16)9-15-8-13-10-18-5-6-19-13/h2-4,7,13-16H,5-6,8-10H2,1H3.